The molecule has 0 spiro atoms. The highest BCUT2D eigenvalue weighted by Crippen LogP contribution is 2.40. The van der Waals surface area contributed by atoms with Crippen LogP contribution in [0.1, 0.15) is 72.3 Å². The van der Waals surface area contributed by atoms with E-state index in [1.807, 2.05) is 0 Å². The van der Waals surface area contributed by atoms with Gasteiger partial charge in [-0.25, -0.2) is 4.39 Å². The van der Waals surface area contributed by atoms with Crippen LogP contribution in [0.2, 0.25) is 0 Å². The third kappa shape index (κ3) is 5.71. The summed E-state index contributed by atoms with van der Waals surface area (Å²) in [5.74, 6) is -0.555. The lowest BCUT2D eigenvalue weighted by Crippen LogP contribution is -2.12. The van der Waals surface area contributed by atoms with Crippen LogP contribution in [0, 0.1) is 18.6 Å². The molecule has 0 heterocycles. The smallest absolute Gasteiger partial charge is 0.201 e. The van der Waals surface area contributed by atoms with E-state index in [4.69, 9.17) is 4.74 Å². The summed E-state index contributed by atoms with van der Waals surface area (Å²) in [5, 5.41) is 0. The average molecular weight is 447 g/mol. The number of benzene rings is 3. The van der Waals surface area contributed by atoms with Crippen LogP contribution in [0.4, 0.5) is 8.78 Å². The van der Waals surface area contributed by atoms with Gasteiger partial charge in [0.25, 0.3) is 0 Å². The molecule has 4 rings (SSSR count). The summed E-state index contributed by atoms with van der Waals surface area (Å²) in [6, 6.07) is 20.8. The maximum absolute atomic E-state index is 14.4. The minimum Gasteiger partial charge on any atom is -0.462 e. The van der Waals surface area contributed by atoms with Crippen LogP contribution < -0.4 is 4.74 Å². The van der Waals surface area contributed by atoms with Crippen LogP contribution >= 0.6 is 0 Å². The molecule has 3 aromatic carbocycles. The van der Waals surface area contributed by atoms with E-state index >= 15 is 0 Å². The van der Waals surface area contributed by atoms with Gasteiger partial charge in [-0.3, -0.25) is 0 Å². The van der Waals surface area contributed by atoms with Gasteiger partial charge in [0.05, 0.1) is 6.26 Å². The van der Waals surface area contributed by atoms with Crippen LogP contribution in [0.3, 0.4) is 0 Å². The molecule has 1 aliphatic rings. The Morgan fingerprint density at radius 2 is 1.33 bits per heavy atom. The van der Waals surface area contributed by atoms with Gasteiger partial charge < -0.3 is 4.74 Å². The first-order valence-electron chi connectivity index (χ1n) is 11.9. The monoisotopic (exact) mass is 446 g/mol. The molecule has 0 unspecified atom stereocenters. The van der Waals surface area contributed by atoms with E-state index in [9.17, 15) is 8.78 Å². The highest BCUT2D eigenvalue weighted by Gasteiger charge is 2.23. The van der Waals surface area contributed by atoms with Crippen molar-refractivity contribution in [3.63, 3.8) is 0 Å². The second-order valence-electron chi connectivity index (χ2n) is 9.14. The second kappa shape index (κ2) is 10.8. The molecule has 0 aliphatic heterocycles. The van der Waals surface area contributed by atoms with Crippen molar-refractivity contribution in [1.29, 1.82) is 0 Å². The summed E-state index contributed by atoms with van der Waals surface area (Å²) in [6.07, 6.45) is 8.98. The molecule has 0 N–H and O–H groups in total. The number of hydrogen-bond donors (Lipinski definition) is 0. The molecular formula is C30H32F2O. The number of ether oxygens (including phenoxy) is 1. The molecule has 3 heteroatoms. The van der Waals surface area contributed by atoms with Gasteiger partial charge in [-0.1, -0.05) is 66.2 Å². The Balaban J connectivity index is 1.32. The van der Waals surface area contributed by atoms with E-state index in [0.29, 0.717) is 30.2 Å². The molecule has 0 saturated heterocycles. The first-order valence-corrected chi connectivity index (χ1v) is 11.9. The van der Waals surface area contributed by atoms with Gasteiger partial charge in [0.2, 0.25) is 5.82 Å². The fourth-order valence-electron chi connectivity index (χ4n) is 4.83. The summed E-state index contributed by atoms with van der Waals surface area (Å²) in [5.41, 5.74) is 5.69. The number of aryl methyl sites for hydroxylation is 3. The Kier molecular flexibility index (Phi) is 7.59. The average Bonchev–Trinajstić information content (AvgIpc) is 2.85. The van der Waals surface area contributed by atoms with Crippen molar-refractivity contribution in [3.8, 4) is 5.75 Å². The van der Waals surface area contributed by atoms with E-state index in [-0.39, 0.29) is 5.75 Å². The first-order chi connectivity index (χ1) is 16.0. The molecule has 0 amide bonds. The van der Waals surface area contributed by atoms with Crippen molar-refractivity contribution in [1.82, 2.24) is 0 Å². The third-order valence-electron chi connectivity index (χ3n) is 6.87. The third-order valence-corrected chi connectivity index (χ3v) is 6.87. The molecular weight excluding hydrogens is 414 g/mol. The Morgan fingerprint density at radius 1 is 0.758 bits per heavy atom. The zero-order valence-corrected chi connectivity index (χ0v) is 19.5. The molecule has 1 nitrogen and oxygen atoms in total. The topological polar surface area (TPSA) is 9.23 Å². The number of halogens is 2. The minimum absolute atomic E-state index is 0.0872. The van der Waals surface area contributed by atoms with Crippen molar-refractivity contribution in [3.05, 3.63) is 112 Å². The molecule has 0 bridgehead atoms. The molecule has 172 valence electrons. The predicted octanol–water partition coefficient (Wildman–Crippen LogP) is 8.41. The molecule has 1 saturated carbocycles. The van der Waals surface area contributed by atoms with Gasteiger partial charge in [0, 0.05) is 0 Å². The SMILES string of the molecule is C/C=C/Oc1ccc(CCc2ccc(C3CCC(c4ccc(C)cc4)CC3)cc2)c(F)c1F. The van der Waals surface area contributed by atoms with Crippen LogP contribution in [0.25, 0.3) is 0 Å². The van der Waals surface area contributed by atoms with E-state index in [0.717, 1.165) is 5.56 Å². The van der Waals surface area contributed by atoms with Crippen molar-refractivity contribution in [2.45, 2.75) is 64.2 Å². The maximum atomic E-state index is 14.4. The fraction of sp³-hybridized carbons (Fsp3) is 0.333. The van der Waals surface area contributed by atoms with Gasteiger partial charge in [-0.15, -0.1) is 0 Å². The van der Waals surface area contributed by atoms with Crippen molar-refractivity contribution >= 4 is 0 Å². The minimum atomic E-state index is -0.929. The molecule has 0 radical (unpaired) electrons. The highest BCUT2D eigenvalue weighted by atomic mass is 19.2. The van der Waals surface area contributed by atoms with E-state index in [1.54, 1.807) is 19.1 Å². The second-order valence-corrected chi connectivity index (χ2v) is 9.14. The van der Waals surface area contributed by atoms with Gasteiger partial charge in [-0.05, 0) is 92.5 Å². The van der Waals surface area contributed by atoms with Gasteiger partial charge in [0.15, 0.2) is 11.6 Å². The quantitative estimate of drug-likeness (QED) is 0.331. The standard InChI is InChI=1S/C30H32F2O/c1-3-20-33-28-19-18-27(29(31)30(28)32)13-8-22-6-11-24(12-7-22)26-16-14-25(15-17-26)23-9-4-21(2)5-10-23/h3-7,9-12,18-20,25-26H,8,13-17H2,1-2H3/b20-3+. The zero-order chi connectivity index (χ0) is 23.2. The molecule has 1 fully saturated rings. The van der Waals surface area contributed by atoms with Gasteiger partial charge in [-0.2, -0.15) is 4.39 Å². The maximum Gasteiger partial charge on any atom is 0.201 e. The summed E-state index contributed by atoms with van der Waals surface area (Å²) >= 11 is 0. The van der Waals surface area contributed by atoms with Crippen LogP contribution in [-0.4, -0.2) is 0 Å². The summed E-state index contributed by atoms with van der Waals surface area (Å²) in [4.78, 5) is 0. The van der Waals surface area contributed by atoms with Crippen molar-refractivity contribution < 1.29 is 13.5 Å². The lowest BCUT2D eigenvalue weighted by molar-refractivity contribution is 0.396. The lowest BCUT2D eigenvalue weighted by atomic mass is 9.76. The molecule has 3 aromatic rings. The van der Waals surface area contributed by atoms with E-state index in [2.05, 4.69) is 55.5 Å². The molecule has 0 atom stereocenters. The Morgan fingerprint density at radius 3 is 1.91 bits per heavy atom. The van der Waals surface area contributed by atoms with Crippen LogP contribution in [0.5, 0.6) is 5.75 Å². The summed E-state index contributed by atoms with van der Waals surface area (Å²) in [6.45, 7) is 3.89. The first kappa shape index (κ1) is 23.2. The van der Waals surface area contributed by atoms with Crippen molar-refractivity contribution in [2.24, 2.45) is 0 Å². The predicted molar refractivity (Wildman–Crippen MR) is 131 cm³/mol. The number of allylic oxidation sites excluding steroid dienone is 1. The van der Waals surface area contributed by atoms with Gasteiger partial charge in [0.1, 0.15) is 0 Å². The Hall–Kier alpha value is -2.94. The molecule has 0 aromatic heterocycles. The lowest BCUT2D eigenvalue weighted by Gasteiger charge is -2.29. The van der Waals surface area contributed by atoms with E-state index in [1.165, 1.54) is 54.7 Å². The Labute approximate surface area is 196 Å². The van der Waals surface area contributed by atoms with Crippen molar-refractivity contribution in [2.75, 3.05) is 0 Å². The fourth-order valence-corrected chi connectivity index (χ4v) is 4.83. The largest absolute Gasteiger partial charge is 0.462 e. The number of rotatable bonds is 7. The highest BCUT2D eigenvalue weighted by molar-refractivity contribution is 5.33. The zero-order valence-electron chi connectivity index (χ0n) is 19.5. The van der Waals surface area contributed by atoms with Crippen LogP contribution in [-0.2, 0) is 12.8 Å². The van der Waals surface area contributed by atoms with Gasteiger partial charge >= 0.3 is 0 Å². The normalized spacial score (nSPS) is 18.5. The van der Waals surface area contributed by atoms with E-state index < -0.39 is 11.6 Å². The number of hydrogen-bond acceptors (Lipinski definition) is 1. The summed E-state index contributed by atoms with van der Waals surface area (Å²) < 4.78 is 33.7. The molecule has 1 aliphatic carbocycles. The Bertz CT molecular complexity index is 1080. The molecule has 33 heavy (non-hydrogen) atoms. The van der Waals surface area contributed by atoms with Crippen LogP contribution in [0.15, 0.2) is 73.0 Å². The summed E-state index contributed by atoms with van der Waals surface area (Å²) in [7, 11) is 0.